The van der Waals surface area contributed by atoms with Crippen LogP contribution < -0.4 is 19.6 Å². The average molecular weight is 489 g/mol. The van der Waals surface area contributed by atoms with Gasteiger partial charge in [-0.1, -0.05) is 39.4 Å². The fourth-order valence-electron chi connectivity index (χ4n) is 3.03. The van der Waals surface area contributed by atoms with Crippen molar-refractivity contribution in [1.29, 1.82) is 0 Å². The molecule has 2 heterocycles. The quantitative estimate of drug-likeness (QED) is 0.388. The van der Waals surface area contributed by atoms with Crippen LogP contribution in [0.25, 0.3) is 22.1 Å². The van der Waals surface area contributed by atoms with Crippen LogP contribution in [0.3, 0.4) is 0 Å². The van der Waals surface area contributed by atoms with Crippen molar-refractivity contribution in [1.82, 2.24) is 9.38 Å². The summed E-state index contributed by atoms with van der Waals surface area (Å²) in [6.45, 7) is 1.79. The van der Waals surface area contributed by atoms with Gasteiger partial charge in [0.25, 0.3) is 5.56 Å². The minimum absolute atomic E-state index is 0.128. The van der Waals surface area contributed by atoms with E-state index in [-0.39, 0.29) is 18.8 Å². The second-order valence-electron chi connectivity index (χ2n) is 6.25. The molecule has 2 aromatic carbocycles. The number of rotatable bonds is 6. The van der Waals surface area contributed by atoms with Gasteiger partial charge in [0, 0.05) is 4.47 Å². The standard InChI is InChI=1S/C21H17BrN2O5S/c1-3-28-19(25)11-29-17-10-13(22)12(8-16(17)27-2)9-18-20(26)24-15-7-5-4-6-14(15)23-21(24)30-18/h4-10H,3,11H2,1-2H3/b18-9+. The van der Waals surface area contributed by atoms with E-state index < -0.39 is 5.97 Å². The molecule has 0 bridgehead atoms. The van der Waals surface area contributed by atoms with Crippen LogP contribution in [0.2, 0.25) is 0 Å². The first kappa shape index (κ1) is 20.4. The highest BCUT2D eigenvalue weighted by Gasteiger charge is 2.14. The molecule has 0 N–H and O–H groups in total. The van der Waals surface area contributed by atoms with Crippen LogP contribution in [0, 0.1) is 0 Å². The zero-order chi connectivity index (χ0) is 21.3. The van der Waals surface area contributed by atoms with E-state index in [9.17, 15) is 9.59 Å². The third kappa shape index (κ3) is 3.78. The number of thiazole rings is 1. The van der Waals surface area contributed by atoms with Gasteiger partial charge in [-0.25, -0.2) is 14.2 Å². The van der Waals surface area contributed by atoms with E-state index in [0.29, 0.717) is 25.5 Å². The molecule has 0 saturated heterocycles. The van der Waals surface area contributed by atoms with Crippen molar-refractivity contribution in [3.63, 3.8) is 0 Å². The molecule has 0 atom stereocenters. The normalized spacial score (nSPS) is 11.9. The van der Waals surface area contributed by atoms with Crippen LogP contribution >= 0.6 is 27.3 Å². The molecular formula is C21H17BrN2O5S. The molecule has 0 aliphatic rings. The number of imidazole rings is 1. The van der Waals surface area contributed by atoms with Crippen LogP contribution in [0.4, 0.5) is 0 Å². The smallest absolute Gasteiger partial charge is 0.344 e. The Kier molecular flexibility index (Phi) is 5.74. The van der Waals surface area contributed by atoms with E-state index >= 15 is 0 Å². The highest BCUT2D eigenvalue weighted by molar-refractivity contribution is 9.10. The predicted molar refractivity (Wildman–Crippen MR) is 118 cm³/mol. The average Bonchev–Trinajstić information content (AvgIpc) is 3.24. The molecule has 0 radical (unpaired) electrons. The monoisotopic (exact) mass is 488 g/mol. The topological polar surface area (TPSA) is 79.1 Å². The number of methoxy groups -OCH3 is 1. The maximum Gasteiger partial charge on any atom is 0.344 e. The van der Waals surface area contributed by atoms with Gasteiger partial charge < -0.3 is 14.2 Å². The summed E-state index contributed by atoms with van der Waals surface area (Å²) in [5.41, 5.74) is 2.18. The zero-order valence-corrected chi connectivity index (χ0v) is 18.6. The van der Waals surface area contributed by atoms with E-state index in [1.807, 2.05) is 24.3 Å². The number of carbonyl (C=O) groups is 1. The van der Waals surface area contributed by atoms with E-state index in [1.165, 1.54) is 18.4 Å². The fourth-order valence-corrected chi connectivity index (χ4v) is 4.44. The van der Waals surface area contributed by atoms with Gasteiger partial charge in [0.05, 0.1) is 29.3 Å². The highest BCUT2D eigenvalue weighted by Crippen LogP contribution is 2.34. The Morgan fingerprint density at radius 3 is 2.83 bits per heavy atom. The van der Waals surface area contributed by atoms with Crippen LogP contribution in [0.5, 0.6) is 11.5 Å². The number of nitrogens with zero attached hydrogens (tertiary/aromatic N) is 2. The van der Waals surface area contributed by atoms with Gasteiger partial charge in [-0.15, -0.1) is 0 Å². The number of hydrogen-bond donors (Lipinski definition) is 0. The van der Waals surface area contributed by atoms with Crippen molar-refractivity contribution in [2.75, 3.05) is 20.3 Å². The summed E-state index contributed by atoms with van der Waals surface area (Å²) in [7, 11) is 1.51. The molecule has 0 aliphatic carbocycles. The lowest BCUT2D eigenvalue weighted by atomic mass is 10.2. The maximum absolute atomic E-state index is 13.0. The van der Waals surface area contributed by atoms with Crippen LogP contribution in [-0.4, -0.2) is 35.7 Å². The molecule has 7 nitrogen and oxygen atoms in total. The fraction of sp³-hybridized carbons (Fsp3) is 0.190. The first-order valence-electron chi connectivity index (χ1n) is 9.09. The second-order valence-corrected chi connectivity index (χ2v) is 8.12. The lowest BCUT2D eigenvalue weighted by Crippen LogP contribution is -2.22. The molecular weight excluding hydrogens is 472 g/mol. The van der Waals surface area contributed by atoms with E-state index in [1.54, 1.807) is 29.5 Å². The Hall–Kier alpha value is -2.91. The van der Waals surface area contributed by atoms with Crippen molar-refractivity contribution in [3.05, 3.63) is 61.3 Å². The summed E-state index contributed by atoms with van der Waals surface area (Å²) >= 11 is 4.82. The number of esters is 1. The van der Waals surface area contributed by atoms with Gasteiger partial charge in [0.2, 0.25) is 0 Å². The van der Waals surface area contributed by atoms with Gasteiger partial charge in [-0.05, 0) is 42.8 Å². The summed E-state index contributed by atoms with van der Waals surface area (Å²) in [4.78, 5) is 29.7. The van der Waals surface area contributed by atoms with Gasteiger partial charge in [0.15, 0.2) is 23.1 Å². The minimum Gasteiger partial charge on any atom is -0.493 e. The van der Waals surface area contributed by atoms with E-state index in [4.69, 9.17) is 14.2 Å². The van der Waals surface area contributed by atoms with E-state index in [0.717, 1.165) is 16.6 Å². The summed E-state index contributed by atoms with van der Waals surface area (Å²) in [6.07, 6.45) is 1.78. The number of benzene rings is 2. The number of carbonyl (C=O) groups excluding carboxylic acids is 1. The van der Waals surface area contributed by atoms with Crippen molar-refractivity contribution < 1.29 is 19.0 Å². The van der Waals surface area contributed by atoms with Crippen molar-refractivity contribution in [2.45, 2.75) is 6.92 Å². The van der Waals surface area contributed by atoms with Crippen molar-refractivity contribution in [3.8, 4) is 11.5 Å². The number of halogens is 1. The number of hydrogen-bond acceptors (Lipinski definition) is 7. The second kappa shape index (κ2) is 8.45. The van der Waals surface area contributed by atoms with Crippen molar-refractivity contribution >= 4 is 55.3 Å². The Labute approximate surface area is 183 Å². The molecule has 9 heteroatoms. The number of aromatic nitrogens is 2. The molecule has 4 aromatic rings. The van der Waals surface area contributed by atoms with Crippen LogP contribution in [-0.2, 0) is 9.53 Å². The number of para-hydroxylation sites is 2. The molecule has 154 valence electrons. The molecule has 30 heavy (non-hydrogen) atoms. The summed E-state index contributed by atoms with van der Waals surface area (Å²) in [5, 5.41) is 0. The predicted octanol–water partition coefficient (Wildman–Crippen LogP) is 3.17. The number of fused-ring (bicyclic) bond motifs is 3. The first-order valence-corrected chi connectivity index (χ1v) is 10.7. The lowest BCUT2D eigenvalue weighted by Gasteiger charge is -2.12. The minimum atomic E-state index is -0.462. The lowest BCUT2D eigenvalue weighted by molar-refractivity contribution is -0.145. The van der Waals surface area contributed by atoms with Gasteiger partial charge >= 0.3 is 5.97 Å². The van der Waals surface area contributed by atoms with Gasteiger partial charge in [0.1, 0.15) is 0 Å². The molecule has 0 fully saturated rings. The van der Waals surface area contributed by atoms with Crippen LogP contribution in [0.1, 0.15) is 12.5 Å². The van der Waals surface area contributed by atoms with Crippen molar-refractivity contribution in [2.24, 2.45) is 0 Å². The molecule has 0 amide bonds. The third-order valence-corrected chi connectivity index (χ3v) is 6.02. The molecule has 0 aliphatic heterocycles. The van der Waals surface area contributed by atoms with Gasteiger partial charge in [-0.2, -0.15) is 0 Å². The SMILES string of the molecule is CCOC(=O)COc1cc(Br)c(/C=c2/sc3nc4ccccc4n3c2=O)cc1OC. The summed E-state index contributed by atoms with van der Waals surface area (Å²) in [5.74, 6) is 0.369. The first-order chi connectivity index (χ1) is 14.5. The zero-order valence-electron chi connectivity index (χ0n) is 16.2. The largest absolute Gasteiger partial charge is 0.493 e. The molecule has 0 unspecified atom stereocenters. The molecule has 4 rings (SSSR count). The Balaban J connectivity index is 1.74. The van der Waals surface area contributed by atoms with Crippen LogP contribution in [0.15, 0.2) is 45.7 Å². The van der Waals surface area contributed by atoms with E-state index in [2.05, 4.69) is 20.9 Å². The number of ether oxygens (including phenoxy) is 3. The summed E-state index contributed by atoms with van der Waals surface area (Å²) < 4.78 is 18.6. The molecule has 2 aromatic heterocycles. The highest BCUT2D eigenvalue weighted by atomic mass is 79.9. The summed E-state index contributed by atoms with van der Waals surface area (Å²) in [6, 6.07) is 11.0. The Morgan fingerprint density at radius 2 is 2.07 bits per heavy atom. The molecule has 0 spiro atoms. The Morgan fingerprint density at radius 1 is 1.27 bits per heavy atom. The Bertz CT molecular complexity index is 1360. The van der Waals surface area contributed by atoms with Gasteiger partial charge in [-0.3, -0.25) is 4.79 Å². The third-order valence-electron chi connectivity index (χ3n) is 4.37. The molecule has 0 saturated carbocycles. The maximum atomic E-state index is 13.0.